The monoisotopic (exact) mass is 496 g/mol. The third-order valence-corrected chi connectivity index (χ3v) is 5.62. The molecule has 36 heavy (non-hydrogen) atoms. The van der Waals surface area contributed by atoms with E-state index in [-0.39, 0.29) is 17.3 Å². The van der Waals surface area contributed by atoms with Crippen molar-refractivity contribution < 1.29 is 4.92 Å². The minimum Gasteiger partial charge on any atom is -0.291 e. The first kappa shape index (κ1) is 22.9. The van der Waals surface area contributed by atoms with Crippen LogP contribution >= 0.6 is 11.6 Å². The number of halogens is 1. The molecule has 2 heterocycles. The maximum Gasteiger partial charge on any atom is 0.270 e. The van der Waals surface area contributed by atoms with Gasteiger partial charge in [0.1, 0.15) is 0 Å². The van der Waals surface area contributed by atoms with Crippen molar-refractivity contribution >= 4 is 40.5 Å². The lowest BCUT2D eigenvalue weighted by atomic mass is 10.0. The third-order valence-electron chi connectivity index (χ3n) is 5.37. The molecule has 2 aromatic heterocycles. The van der Waals surface area contributed by atoms with Crippen molar-refractivity contribution in [2.75, 3.05) is 5.43 Å². The van der Waals surface area contributed by atoms with Gasteiger partial charge in [0.2, 0.25) is 5.95 Å². The van der Waals surface area contributed by atoms with E-state index in [0.29, 0.717) is 27.2 Å². The molecule has 176 valence electrons. The molecular weight excluding hydrogens is 480 g/mol. The molecule has 9 nitrogen and oxygen atoms in total. The van der Waals surface area contributed by atoms with Gasteiger partial charge in [-0.25, -0.2) is 10.4 Å². The molecule has 0 saturated carbocycles. The van der Waals surface area contributed by atoms with Gasteiger partial charge < -0.3 is 0 Å². The number of nitrogens with one attached hydrogen (secondary N) is 2. The number of H-pyrrole nitrogens is 1. The maximum absolute atomic E-state index is 13.1. The van der Waals surface area contributed by atoms with Crippen LogP contribution in [0.25, 0.3) is 33.4 Å². The summed E-state index contributed by atoms with van der Waals surface area (Å²) in [5, 5.41) is 15.9. The second-order valence-electron chi connectivity index (χ2n) is 7.76. The molecule has 5 aromatic rings. The summed E-state index contributed by atoms with van der Waals surface area (Å²) in [6.07, 6.45) is 1.39. The zero-order valence-corrected chi connectivity index (χ0v) is 19.3. The Balaban J connectivity index is 1.58. The van der Waals surface area contributed by atoms with Crippen molar-refractivity contribution in [2.24, 2.45) is 5.10 Å². The van der Waals surface area contributed by atoms with Crippen molar-refractivity contribution in [3.63, 3.8) is 0 Å². The van der Waals surface area contributed by atoms with E-state index >= 15 is 0 Å². The van der Waals surface area contributed by atoms with E-state index in [2.05, 4.69) is 25.5 Å². The van der Waals surface area contributed by atoms with E-state index in [9.17, 15) is 14.9 Å². The number of fused-ring (bicyclic) bond motifs is 1. The van der Waals surface area contributed by atoms with E-state index in [0.717, 1.165) is 11.1 Å². The average molecular weight is 497 g/mol. The molecule has 0 amide bonds. The Morgan fingerprint density at radius 2 is 1.72 bits per heavy atom. The largest absolute Gasteiger partial charge is 0.291 e. The van der Waals surface area contributed by atoms with Gasteiger partial charge in [-0.3, -0.25) is 19.9 Å². The number of nitro groups is 1. The van der Waals surface area contributed by atoms with E-state index in [4.69, 9.17) is 11.6 Å². The van der Waals surface area contributed by atoms with Crippen molar-refractivity contribution in [1.82, 2.24) is 15.0 Å². The lowest BCUT2D eigenvalue weighted by Crippen LogP contribution is -2.13. The smallest absolute Gasteiger partial charge is 0.270 e. The molecule has 0 fully saturated rings. The lowest BCUT2D eigenvalue weighted by molar-refractivity contribution is -0.384. The molecular formula is C26H17ClN6O3. The molecule has 0 bridgehead atoms. The van der Waals surface area contributed by atoms with E-state index < -0.39 is 10.5 Å². The number of aromatic amines is 1. The normalized spacial score (nSPS) is 11.1. The first-order valence-corrected chi connectivity index (χ1v) is 11.2. The molecule has 3 aromatic carbocycles. The molecule has 0 atom stereocenters. The summed E-state index contributed by atoms with van der Waals surface area (Å²) in [6, 6.07) is 24.6. The van der Waals surface area contributed by atoms with Gasteiger partial charge in [-0.1, -0.05) is 66.2 Å². The summed E-state index contributed by atoms with van der Waals surface area (Å²) in [6.45, 7) is 0. The lowest BCUT2D eigenvalue weighted by Gasteiger charge is -2.10. The molecule has 0 unspecified atom stereocenters. The van der Waals surface area contributed by atoms with Crippen molar-refractivity contribution in [3.05, 3.63) is 116 Å². The minimum atomic E-state index is -0.485. The molecule has 0 spiro atoms. The number of rotatable bonds is 6. The van der Waals surface area contributed by atoms with Gasteiger partial charge in [0.15, 0.2) is 5.65 Å². The van der Waals surface area contributed by atoms with Crippen molar-refractivity contribution in [2.45, 2.75) is 0 Å². The molecule has 0 aliphatic carbocycles. The number of anilines is 1. The van der Waals surface area contributed by atoms with Gasteiger partial charge in [0, 0.05) is 33.8 Å². The van der Waals surface area contributed by atoms with Crippen LogP contribution in [0.1, 0.15) is 5.56 Å². The van der Waals surface area contributed by atoms with E-state index in [1.165, 1.54) is 18.3 Å². The Kier molecular flexibility index (Phi) is 6.21. The van der Waals surface area contributed by atoms with Crippen LogP contribution in [0.2, 0.25) is 5.02 Å². The van der Waals surface area contributed by atoms with Gasteiger partial charge in [-0.2, -0.15) is 10.1 Å². The molecule has 2 N–H and O–H groups in total. The fraction of sp³-hybridized carbons (Fsp3) is 0. The highest BCUT2D eigenvalue weighted by Gasteiger charge is 2.15. The summed E-state index contributed by atoms with van der Waals surface area (Å²) >= 11 is 6.07. The number of hydrogen-bond acceptors (Lipinski definition) is 7. The van der Waals surface area contributed by atoms with Crippen LogP contribution < -0.4 is 11.0 Å². The van der Waals surface area contributed by atoms with Crippen LogP contribution in [-0.4, -0.2) is 26.1 Å². The average Bonchev–Trinajstić information content (AvgIpc) is 2.89. The first-order valence-electron chi connectivity index (χ1n) is 10.8. The van der Waals surface area contributed by atoms with Gasteiger partial charge >= 0.3 is 0 Å². The predicted molar refractivity (Wildman–Crippen MR) is 140 cm³/mol. The number of benzene rings is 3. The van der Waals surface area contributed by atoms with E-state index in [1.807, 2.05) is 48.5 Å². The Bertz CT molecular complexity index is 1670. The van der Waals surface area contributed by atoms with Crippen LogP contribution in [0.4, 0.5) is 11.6 Å². The number of nitro benzene ring substituents is 1. The first-order chi connectivity index (χ1) is 17.5. The fourth-order valence-electron chi connectivity index (χ4n) is 3.69. The number of hydrazone groups is 1. The van der Waals surface area contributed by atoms with Crippen molar-refractivity contribution in [1.29, 1.82) is 0 Å². The number of pyridine rings is 1. The predicted octanol–water partition coefficient (Wildman–Crippen LogP) is 5.66. The molecule has 10 heteroatoms. The van der Waals surface area contributed by atoms with Crippen LogP contribution in [0.15, 0.2) is 94.8 Å². The van der Waals surface area contributed by atoms with Crippen LogP contribution in [0.3, 0.4) is 0 Å². The highest BCUT2D eigenvalue weighted by Crippen LogP contribution is 2.30. The Hall–Kier alpha value is -4.89. The molecule has 5 rings (SSSR count). The second kappa shape index (κ2) is 9.77. The number of non-ortho nitro benzene ring substituents is 1. The standard InChI is InChI=1S/C26H17ClN6O3/c27-19-11-9-17(10-12-19)21-14-22(18-6-2-1-3-7-18)29-24-23(21)25(34)31-26(30-24)32-28-15-16-5-4-8-20(13-16)33(35)36/h1-15H,(H2,29,30,31,32,34)/b28-15+. The summed E-state index contributed by atoms with van der Waals surface area (Å²) in [7, 11) is 0. The third kappa shape index (κ3) is 4.82. The molecule has 0 saturated heterocycles. The molecule has 0 aliphatic rings. The summed E-state index contributed by atoms with van der Waals surface area (Å²) in [5.41, 5.74) is 5.94. The highest BCUT2D eigenvalue weighted by atomic mass is 35.5. The van der Waals surface area contributed by atoms with Crippen LogP contribution in [0.5, 0.6) is 0 Å². The van der Waals surface area contributed by atoms with Crippen molar-refractivity contribution in [3.8, 4) is 22.4 Å². The van der Waals surface area contributed by atoms with Crippen LogP contribution in [0, 0.1) is 10.1 Å². The maximum atomic E-state index is 13.1. The zero-order chi connectivity index (χ0) is 25.1. The Morgan fingerprint density at radius 1 is 0.944 bits per heavy atom. The topological polar surface area (TPSA) is 126 Å². The number of nitrogens with zero attached hydrogens (tertiary/aromatic N) is 4. The quantitative estimate of drug-likeness (QED) is 0.177. The molecule has 0 aliphatic heterocycles. The SMILES string of the molecule is O=c1[nH]c(N/N=C/c2cccc([N+](=O)[O-])c2)nc2nc(-c3ccccc3)cc(-c3ccc(Cl)cc3)c12. The van der Waals surface area contributed by atoms with Gasteiger partial charge in [0.25, 0.3) is 11.2 Å². The Morgan fingerprint density at radius 3 is 2.47 bits per heavy atom. The minimum absolute atomic E-state index is 0.0523. The zero-order valence-electron chi connectivity index (χ0n) is 18.6. The summed E-state index contributed by atoms with van der Waals surface area (Å²) < 4.78 is 0. The number of hydrogen-bond donors (Lipinski definition) is 2. The number of aromatic nitrogens is 3. The van der Waals surface area contributed by atoms with Gasteiger partial charge in [-0.15, -0.1) is 0 Å². The summed E-state index contributed by atoms with van der Waals surface area (Å²) in [5.74, 6) is 0.0777. The Labute approximate surface area is 209 Å². The van der Waals surface area contributed by atoms with Gasteiger partial charge in [0.05, 0.1) is 22.2 Å². The van der Waals surface area contributed by atoms with E-state index in [1.54, 1.807) is 24.3 Å². The van der Waals surface area contributed by atoms with Gasteiger partial charge in [-0.05, 0) is 23.8 Å². The fourth-order valence-corrected chi connectivity index (χ4v) is 3.82. The van der Waals surface area contributed by atoms with Crippen LogP contribution in [-0.2, 0) is 0 Å². The highest BCUT2D eigenvalue weighted by molar-refractivity contribution is 6.30. The molecule has 0 radical (unpaired) electrons. The second-order valence-corrected chi connectivity index (χ2v) is 8.20. The summed E-state index contributed by atoms with van der Waals surface area (Å²) in [4.78, 5) is 35.4.